The number of benzene rings is 3. The quantitative estimate of drug-likeness (QED) is 0.261. The molecule has 8 heteroatoms. The number of halogens is 1. The fraction of sp³-hybridized carbons (Fsp3) is 0.200. The Morgan fingerprint density at radius 3 is 2.47 bits per heavy atom. The highest BCUT2D eigenvalue weighted by atomic mass is 35.5. The van der Waals surface area contributed by atoms with Gasteiger partial charge in [-0.15, -0.1) is 0 Å². The summed E-state index contributed by atoms with van der Waals surface area (Å²) in [6.45, 7) is 13.4. The van der Waals surface area contributed by atoms with Crippen molar-refractivity contribution in [2.45, 2.75) is 32.7 Å². The van der Waals surface area contributed by atoms with Crippen molar-refractivity contribution >= 4 is 28.9 Å². The van der Waals surface area contributed by atoms with Crippen molar-refractivity contribution in [1.82, 2.24) is 9.78 Å². The van der Waals surface area contributed by atoms with Crippen LogP contribution in [0.1, 0.15) is 64.2 Å². The summed E-state index contributed by atoms with van der Waals surface area (Å²) in [4.78, 5) is 19.4. The number of anilines is 1. The minimum absolute atomic E-state index is 0.0279. The Morgan fingerprint density at radius 1 is 1.11 bits per heavy atom. The Morgan fingerprint density at radius 2 is 1.84 bits per heavy atom. The molecule has 0 spiro atoms. The van der Waals surface area contributed by atoms with Gasteiger partial charge in [-0.05, 0) is 54.3 Å². The van der Waals surface area contributed by atoms with Crippen molar-refractivity contribution in [1.29, 1.82) is 5.26 Å². The van der Waals surface area contributed by atoms with E-state index in [0.29, 0.717) is 39.1 Å². The van der Waals surface area contributed by atoms with Gasteiger partial charge in [0, 0.05) is 16.3 Å². The van der Waals surface area contributed by atoms with Crippen LogP contribution in [0.4, 0.5) is 11.4 Å². The maximum atomic E-state index is 14.1. The number of aryl methyl sites for hydroxylation is 1. The number of hydrogen-bond donors (Lipinski definition) is 0. The number of carbonyl (C=O) groups is 1. The van der Waals surface area contributed by atoms with Crippen LogP contribution in [-0.4, -0.2) is 22.8 Å². The molecule has 0 bridgehead atoms. The SMILES string of the molecule is [C-]#[N+]c1ccc(C2c3c(nn(-c4cc(C#N)ccc4OC)c3C(C)C)C(=O)N2c2cc(Cl)ccc2C)cc1. The van der Waals surface area contributed by atoms with Crippen molar-refractivity contribution < 1.29 is 9.53 Å². The van der Waals surface area contributed by atoms with E-state index in [1.165, 1.54) is 0 Å². The van der Waals surface area contributed by atoms with E-state index >= 15 is 0 Å². The molecule has 3 aromatic carbocycles. The van der Waals surface area contributed by atoms with Crippen LogP contribution in [-0.2, 0) is 0 Å². The molecule has 0 fully saturated rings. The molecule has 188 valence electrons. The molecule has 0 N–H and O–H groups in total. The number of aromatic nitrogens is 2. The average Bonchev–Trinajstić information content (AvgIpc) is 3.44. The van der Waals surface area contributed by atoms with E-state index in [1.807, 2.05) is 39.0 Å². The van der Waals surface area contributed by atoms with Gasteiger partial charge in [-0.25, -0.2) is 9.53 Å². The zero-order valence-electron chi connectivity index (χ0n) is 21.4. The normalized spacial score (nSPS) is 14.4. The predicted octanol–water partition coefficient (Wildman–Crippen LogP) is 7.14. The van der Waals surface area contributed by atoms with E-state index in [0.717, 1.165) is 22.4 Å². The Bertz CT molecular complexity index is 1660. The number of ether oxygens (including phenoxy) is 1. The number of hydrogen-bond acceptors (Lipinski definition) is 4. The topological polar surface area (TPSA) is 75.5 Å². The third kappa shape index (κ3) is 3.98. The minimum Gasteiger partial charge on any atom is -0.494 e. The number of amides is 1. The van der Waals surface area contributed by atoms with Gasteiger partial charge in [0.05, 0.1) is 37.1 Å². The van der Waals surface area contributed by atoms with Gasteiger partial charge in [0.1, 0.15) is 11.4 Å². The summed E-state index contributed by atoms with van der Waals surface area (Å²) in [5, 5.41) is 14.9. The first-order valence-corrected chi connectivity index (χ1v) is 12.4. The van der Waals surface area contributed by atoms with Gasteiger partial charge in [-0.2, -0.15) is 10.4 Å². The predicted molar refractivity (Wildman–Crippen MR) is 146 cm³/mol. The Hall–Kier alpha value is -4.59. The van der Waals surface area contributed by atoms with Crippen LogP contribution in [0.15, 0.2) is 60.7 Å². The van der Waals surface area contributed by atoms with Gasteiger partial charge < -0.3 is 4.74 Å². The van der Waals surface area contributed by atoms with Crippen LogP contribution in [0, 0.1) is 24.8 Å². The second-order valence-electron chi connectivity index (χ2n) is 9.42. The Kier molecular flexibility index (Phi) is 6.40. The first-order chi connectivity index (χ1) is 18.3. The van der Waals surface area contributed by atoms with Gasteiger partial charge in [-0.3, -0.25) is 9.69 Å². The first-order valence-electron chi connectivity index (χ1n) is 12.1. The average molecular weight is 522 g/mol. The third-order valence-electron chi connectivity index (χ3n) is 6.76. The number of nitrogens with zero attached hydrogens (tertiary/aromatic N) is 5. The molecule has 38 heavy (non-hydrogen) atoms. The number of fused-ring (bicyclic) bond motifs is 1. The minimum atomic E-state index is -0.495. The van der Waals surface area contributed by atoms with Crippen LogP contribution in [0.5, 0.6) is 5.75 Å². The molecule has 4 aromatic rings. The highest BCUT2D eigenvalue weighted by Crippen LogP contribution is 2.47. The molecule has 1 unspecified atom stereocenters. The molecule has 0 saturated heterocycles. The van der Waals surface area contributed by atoms with Crippen LogP contribution in [0.25, 0.3) is 10.5 Å². The summed E-state index contributed by atoms with van der Waals surface area (Å²) in [7, 11) is 1.56. The number of carbonyl (C=O) groups excluding carboxylic acids is 1. The lowest BCUT2D eigenvalue weighted by atomic mass is 9.94. The van der Waals surface area contributed by atoms with Crippen molar-refractivity contribution in [2.24, 2.45) is 0 Å². The summed E-state index contributed by atoms with van der Waals surface area (Å²) >= 11 is 6.38. The number of methoxy groups -OCH3 is 1. The molecule has 2 heterocycles. The zero-order valence-corrected chi connectivity index (χ0v) is 22.1. The van der Waals surface area contributed by atoms with E-state index in [2.05, 4.69) is 10.9 Å². The van der Waals surface area contributed by atoms with Crippen LogP contribution >= 0.6 is 11.6 Å². The molecular weight excluding hydrogens is 498 g/mol. The molecule has 1 aliphatic rings. The molecule has 1 atom stereocenters. The molecule has 5 rings (SSSR count). The zero-order chi connectivity index (χ0) is 27.1. The lowest BCUT2D eigenvalue weighted by Gasteiger charge is -2.29. The summed E-state index contributed by atoms with van der Waals surface area (Å²) < 4.78 is 7.34. The summed E-state index contributed by atoms with van der Waals surface area (Å²) in [5.74, 6) is 0.264. The van der Waals surface area contributed by atoms with Crippen molar-refractivity contribution in [3.63, 3.8) is 0 Å². The molecule has 0 radical (unpaired) electrons. The summed E-state index contributed by atoms with van der Waals surface area (Å²) in [6.07, 6.45) is 0. The molecule has 1 amide bonds. The van der Waals surface area contributed by atoms with Gasteiger partial charge in [0.15, 0.2) is 11.4 Å². The van der Waals surface area contributed by atoms with Crippen LogP contribution in [0.2, 0.25) is 5.02 Å². The van der Waals surface area contributed by atoms with Crippen molar-refractivity contribution in [3.8, 4) is 17.5 Å². The molecule has 0 aliphatic carbocycles. The second kappa shape index (κ2) is 9.70. The fourth-order valence-electron chi connectivity index (χ4n) is 5.03. The largest absolute Gasteiger partial charge is 0.494 e. The molecule has 7 nitrogen and oxygen atoms in total. The molecule has 1 aromatic heterocycles. The lowest BCUT2D eigenvalue weighted by Crippen LogP contribution is -2.30. The van der Waals surface area contributed by atoms with E-state index in [1.54, 1.807) is 59.2 Å². The second-order valence-corrected chi connectivity index (χ2v) is 9.86. The highest BCUT2D eigenvalue weighted by molar-refractivity contribution is 6.31. The van der Waals surface area contributed by atoms with Gasteiger partial charge in [0.2, 0.25) is 0 Å². The smallest absolute Gasteiger partial charge is 0.280 e. The highest BCUT2D eigenvalue weighted by Gasteiger charge is 2.45. The maximum absolute atomic E-state index is 14.1. The summed E-state index contributed by atoms with van der Waals surface area (Å²) in [5.41, 5.74) is 5.96. The number of rotatable bonds is 5. The lowest BCUT2D eigenvalue weighted by molar-refractivity contribution is 0.0988. The van der Waals surface area contributed by atoms with Crippen LogP contribution < -0.4 is 9.64 Å². The molecular formula is C30H24ClN5O2. The fourth-order valence-corrected chi connectivity index (χ4v) is 5.20. The third-order valence-corrected chi connectivity index (χ3v) is 7.00. The van der Waals surface area contributed by atoms with E-state index in [-0.39, 0.29) is 11.8 Å². The standard InChI is InChI=1S/C30H24ClN5O2/c1-17(2)28-26-27(34-36(28)24-14-19(16-32)7-13-25(24)38-5)30(37)35(23-15-21(31)10-6-18(23)3)29(26)20-8-11-22(33-4)12-9-20/h6-15,17,29H,1-3,5H3. The Labute approximate surface area is 226 Å². The number of nitriles is 1. The van der Waals surface area contributed by atoms with E-state index in [9.17, 15) is 10.1 Å². The van der Waals surface area contributed by atoms with Gasteiger partial charge >= 0.3 is 0 Å². The Balaban J connectivity index is 1.81. The molecule has 0 saturated carbocycles. The summed E-state index contributed by atoms with van der Waals surface area (Å²) in [6, 6.07) is 19.6. The van der Waals surface area contributed by atoms with Gasteiger partial charge in [-0.1, -0.05) is 55.8 Å². The van der Waals surface area contributed by atoms with Crippen molar-refractivity contribution in [3.05, 3.63) is 111 Å². The maximum Gasteiger partial charge on any atom is 0.280 e. The van der Waals surface area contributed by atoms with E-state index < -0.39 is 6.04 Å². The first kappa shape index (κ1) is 25.1. The van der Waals surface area contributed by atoms with Crippen molar-refractivity contribution in [2.75, 3.05) is 12.0 Å². The monoisotopic (exact) mass is 521 g/mol. The van der Waals surface area contributed by atoms with Crippen LogP contribution in [0.3, 0.4) is 0 Å². The van der Waals surface area contributed by atoms with Gasteiger partial charge in [0.25, 0.3) is 5.91 Å². The molecule has 1 aliphatic heterocycles. The van der Waals surface area contributed by atoms with E-state index in [4.69, 9.17) is 28.0 Å².